The van der Waals surface area contributed by atoms with Crippen LogP contribution >= 0.6 is 0 Å². The second kappa shape index (κ2) is 4.69. The Morgan fingerprint density at radius 3 is 1.90 bits per heavy atom. The molecular weight excluding hydrogens is 124 g/mol. The lowest BCUT2D eigenvalue weighted by Gasteiger charge is -2.23. The highest BCUT2D eigenvalue weighted by Gasteiger charge is 2.10. The average molecular weight is 144 g/mol. The zero-order valence-electron chi connectivity index (χ0n) is 7.81. The normalized spacial score (nSPS) is 14.7. The highest BCUT2D eigenvalue weighted by molar-refractivity contribution is 4.70. The molecule has 0 unspecified atom stereocenters. The summed E-state index contributed by atoms with van der Waals surface area (Å²) in [4.78, 5) is 2.21. The molecule has 0 aromatic carbocycles. The third-order valence-corrected chi connectivity index (χ3v) is 1.74. The van der Waals surface area contributed by atoms with Gasteiger partial charge in [0.2, 0.25) is 0 Å². The van der Waals surface area contributed by atoms with Gasteiger partial charge in [0.1, 0.15) is 0 Å². The van der Waals surface area contributed by atoms with E-state index in [1.54, 1.807) is 0 Å². The molecule has 0 fully saturated rings. The molecule has 2 heteroatoms. The molecule has 0 saturated heterocycles. The average Bonchev–Trinajstić information content (AvgIpc) is 1.81. The Hall–Kier alpha value is -0.0800. The molecule has 10 heavy (non-hydrogen) atoms. The first kappa shape index (κ1) is 9.92. The molecule has 0 aliphatic rings. The van der Waals surface area contributed by atoms with Gasteiger partial charge in [-0.3, -0.25) is 0 Å². The molecule has 0 aliphatic carbocycles. The molecule has 62 valence electrons. The van der Waals surface area contributed by atoms with Gasteiger partial charge in [-0.05, 0) is 27.1 Å². The summed E-state index contributed by atoms with van der Waals surface area (Å²) in [6.07, 6.45) is 0. The third-order valence-electron chi connectivity index (χ3n) is 1.74. The lowest BCUT2D eigenvalue weighted by molar-refractivity contribution is 0.301. The molecule has 0 aliphatic heterocycles. The number of hydrogen-bond donors (Lipinski definition) is 1. The molecule has 0 radical (unpaired) electrons. The molecule has 0 rings (SSSR count). The highest BCUT2D eigenvalue weighted by atomic mass is 15.1. The zero-order valence-corrected chi connectivity index (χ0v) is 7.81. The van der Waals surface area contributed by atoms with E-state index in [1.165, 1.54) is 0 Å². The highest BCUT2D eigenvalue weighted by Crippen LogP contribution is 2.00. The van der Waals surface area contributed by atoms with E-state index in [2.05, 4.69) is 38.2 Å². The Morgan fingerprint density at radius 1 is 1.30 bits per heavy atom. The van der Waals surface area contributed by atoms with Crippen molar-refractivity contribution in [1.29, 1.82) is 0 Å². The van der Waals surface area contributed by atoms with E-state index in [-0.39, 0.29) is 0 Å². The van der Waals surface area contributed by atoms with Crippen molar-refractivity contribution < 1.29 is 0 Å². The second-order valence-corrected chi connectivity index (χ2v) is 3.40. The maximum Gasteiger partial charge on any atom is 0.0214 e. The van der Waals surface area contributed by atoms with Crippen molar-refractivity contribution in [3.63, 3.8) is 0 Å². The van der Waals surface area contributed by atoms with Crippen LogP contribution in [0.1, 0.15) is 13.8 Å². The Morgan fingerprint density at radius 2 is 1.80 bits per heavy atom. The van der Waals surface area contributed by atoms with Crippen LogP contribution in [0.5, 0.6) is 0 Å². The Bertz CT molecular complexity index is 79.3. The van der Waals surface area contributed by atoms with Gasteiger partial charge in [-0.2, -0.15) is 0 Å². The molecule has 0 heterocycles. The summed E-state index contributed by atoms with van der Waals surface area (Å²) in [6.45, 7) is 5.60. The smallest absolute Gasteiger partial charge is 0.0214 e. The van der Waals surface area contributed by atoms with E-state index in [0.29, 0.717) is 12.0 Å². The van der Waals surface area contributed by atoms with Crippen LogP contribution in [0.15, 0.2) is 0 Å². The molecule has 1 atom stereocenters. The number of likely N-dealkylation sites (N-methyl/N-ethyl adjacent to an activating group) is 2. The fourth-order valence-electron chi connectivity index (χ4n) is 1.03. The van der Waals surface area contributed by atoms with Gasteiger partial charge in [-0.1, -0.05) is 13.8 Å². The Labute approximate surface area is 64.6 Å². The first-order chi connectivity index (χ1) is 4.57. The van der Waals surface area contributed by atoms with Gasteiger partial charge < -0.3 is 10.2 Å². The van der Waals surface area contributed by atoms with Crippen LogP contribution in [0.2, 0.25) is 0 Å². The number of nitrogens with zero attached hydrogens (tertiary/aromatic N) is 1. The number of nitrogens with one attached hydrogen (secondary N) is 1. The first-order valence-electron chi connectivity index (χ1n) is 3.90. The van der Waals surface area contributed by atoms with E-state index in [1.807, 2.05) is 7.05 Å². The van der Waals surface area contributed by atoms with Crippen molar-refractivity contribution in [2.45, 2.75) is 19.9 Å². The van der Waals surface area contributed by atoms with E-state index >= 15 is 0 Å². The van der Waals surface area contributed by atoms with Crippen LogP contribution in [-0.4, -0.2) is 38.6 Å². The summed E-state index contributed by atoms with van der Waals surface area (Å²) < 4.78 is 0. The summed E-state index contributed by atoms with van der Waals surface area (Å²) in [5.41, 5.74) is 0. The summed E-state index contributed by atoms with van der Waals surface area (Å²) in [6, 6.07) is 0.620. The zero-order chi connectivity index (χ0) is 8.15. The summed E-state index contributed by atoms with van der Waals surface area (Å²) in [5, 5.41) is 3.29. The van der Waals surface area contributed by atoms with Crippen LogP contribution in [0, 0.1) is 5.92 Å². The SMILES string of the molecule is CN[C@H](CN(C)C)C(C)C. The van der Waals surface area contributed by atoms with Crippen molar-refractivity contribution in [3.8, 4) is 0 Å². The van der Waals surface area contributed by atoms with Crippen molar-refractivity contribution in [2.24, 2.45) is 5.92 Å². The van der Waals surface area contributed by atoms with Gasteiger partial charge in [0.15, 0.2) is 0 Å². The number of rotatable bonds is 4. The van der Waals surface area contributed by atoms with Crippen molar-refractivity contribution in [2.75, 3.05) is 27.7 Å². The fourth-order valence-corrected chi connectivity index (χ4v) is 1.03. The standard InChI is InChI=1S/C8H20N2/c1-7(2)8(9-3)6-10(4)5/h7-9H,6H2,1-5H3/t8-/m1/s1. The lowest BCUT2D eigenvalue weighted by atomic mass is 10.0. The maximum atomic E-state index is 3.29. The van der Waals surface area contributed by atoms with E-state index in [0.717, 1.165) is 6.54 Å². The Balaban J connectivity index is 3.60. The van der Waals surface area contributed by atoms with Crippen molar-refractivity contribution in [3.05, 3.63) is 0 Å². The van der Waals surface area contributed by atoms with Gasteiger partial charge in [0.05, 0.1) is 0 Å². The third kappa shape index (κ3) is 3.85. The number of hydrogen-bond acceptors (Lipinski definition) is 2. The van der Waals surface area contributed by atoms with Crippen LogP contribution in [0.25, 0.3) is 0 Å². The summed E-state index contributed by atoms with van der Waals surface area (Å²) >= 11 is 0. The fraction of sp³-hybridized carbons (Fsp3) is 1.00. The summed E-state index contributed by atoms with van der Waals surface area (Å²) in [7, 11) is 6.23. The minimum absolute atomic E-state index is 0.620. The van der Waals surface area contributed by atoms with Crippen LogP contribution in [0.3, 0.4) is 0 Å². The minimum Gasteiger partial charge on any atom is -0.315 e. The topological polar surface area (TPSA) is 15.3 Å². The molecular formula is C8H20N2. The van der Waals surface area contributed by atoms with Gasteiger partial charge in [0.25, 0.3) is 0 Å². The summed E-state index contributed by atoms with van der Waals surface area (Å²) in [5.74, 6) is 0.715. The molecule has 0 amide bonds. The predicted octanol–water partition coefficient (Wildman–Crippen LogP) is 0.792. The van der Waals surface area contributed by atoms with Crippen LogP contribution in [-0.2, 0) is 0 Å². The van der Waals surface area contributed by atoms with Gasteiger partial charge in [0, 0.05) is 12.6 Å². The molecule has 0 aromatic heterocycles. The van der Waals surface area contributed by atoms with Gasteiger partial charge in [-0.25, -0.2) is 0 Å². The lowest BCUT2D eigenvalue weighted by Crippen LogP contribution is -2.39. The molecule has 2 nitrogen and oxygen atoms in total. The molecule has 0 aromatic rings. The quantitative estimate of drug-likeness (QED) is 0.627. The van der Waals surface area contributed by atoms with E-state index in [9.17, 15) is 0 Å². The molecule has 1 N–H and O–H groups in total. The first-order valence-corrected chi connectivity index (χ1v) is 3.90. The van der Waals surface area contributed by atoms with Crippen LogP contribution in [0.4, 0.5) is 0 Å². The molecule has 0 bridgehead atoms. The largest absolute Gasteiger partial charge is 0.315 e. The van der Waals surface area contributed by atoms with E-state index < -0.39 is 0 Å². The second-order valence-electron chi connectivity index (χ2n) is 3.40. The maximum absolute atomic E-state index is 3.29. The van der Waals surface area contributed by atoms with Crippen molar-refractivity contribution >= 4 is 0 Å². The van der Waals surface area contributed by atoms with Crippen molar-refractivity contribution in [1.82, 2.24) is 10.2 Å². The van der Waals surface area contributed by atoms with Crippen LogP contribution < -0.4 is 5.32 Å². The monoisotopic (exact) mass is 144 g/mol. The Kier molecular flexibility index (Phi) is 4.65. The molecule has 0 spiro atoms. The van der Waals surface area contributed by atoms with Gasteiger partial charge >= 0.3 is 0 Å². The van der Waals surface area contributed by atoms with E-state index in [4.69, 9.17) is 0 Å². The van der Waals surface area contributed by atoms with Gasteiger partial charge in [-0.15, -0.1) is 0 Å². The molecule has 0 saturated carbocycles. The predicted molar refractivity (Wildman–Crippen MR) is 46.2 cm³/mol. The minimum atomic E-state index is 0.620.